The van der Waals surface area contributed by atoms with Crippen molar-refractivity contribution in [2.75, 3.05) is 39.6 Å². The van der Waals surface area contributed by atoms with Crippen molar-refractivity contribution in [2.45, 2.75) is 458 Å². The zero-order chi connectivity index (χ0) is 74.9. The summed E-state index contributed by atoms with van der Waals surface area (Å²) >= 11 is 0. The van der Waals surface area contributed by atoms with Crippen LogP contribution in [0.15, 0.2) is 0 Å². The highest BCUT2D eigenvalue weighted by atomic mass is 31.2. The molecule has 0 rings (SSSR count). The zero-order valence-electron chi connectivity index (χ0n) is 66.9. The molecule has 102 heavy (non-hydrogen) atoms. The average molecular weight is 1490 g/mol. The summed E-state index contributed by atoms with van der Waals surface area (Å²) in [6.07, 6.45) is 65.1. The molecule has 0 aliphatic heterocycles. The Morgan fingerprint density at radius 1 is 0.284 bits per heavy atom. The van der Waals surface area contributed by atoms with Gasteiger partial charge in [0.2, 0.25) is 0 Å². The van der Waals surface area contributed by atoms with Gasteiger partial charge < -0.3 is 33.8 Å². The van der Waals surface area contributed by atoms with Crippen molar-refractivity contribution in [1.82, 2.24) is 0 Å². The van der Waals surface area contributed by atoms with E-state index < -0.39 is 97.5 Å². The number of aliphatic hydroxyl groups is 1. The molecule has 6 atom stereocenters. The topological polar surface area (TPSA) is 237 Å². The summed E-state index contributed by atoms with van der Waals surface area (Å²) in [5, 5.41) is 10.7. The highest BCUT2D eigenvalue weighted by Crippen LogP contribution is 2.45. The zero-order valence-corrected chi connectivity index (χ0v) is 68.7. The number of carbonyl (C=O) groups is 4. The van der Waals surface area contributed by atoms with Gasteiger partial charge >= 0.3 is 39.5 Å². The van der Waals surface area contributed by atoms with Crippen LogP contribution in [0.2, 0.25) is 0 Å². The third-order valence-electron chi connectivity index (χ3n) is 19.8. The lowest BCUT2D eigenvalue weighted by molar-refractivity contribution is -0.161. The van der Waals surface area contributed by atoms with Crippen LogP contribution in [-0.2, 0) is 65.4 Å². The van der Waals surface area contributed by atoms with Gasteiger partial charge in [-0.05, 0) is 37.5 Å². The van der Waals surface area contributed by atoms with Gasteiger partial charge in [0.25, 0.3) is 0 Å². The summed E-state index contributed by atoms with van der Waals surface area (Å²) in [4.78, 5) is 73.1. The van der Waals surface area contributed by atoms with Crippen molar-refractivity contribution >= 4 is 39.5 Å². The molecule has 606 valence electrons. The van der Waals surface area contributed by atoms with Crippen molar-refractivity contribution in [3.05, 3.63) is 0 Å². The Balaban J connectivity index is 5.23. The van der Waals surface area contributed by atoms with E-state index in [1.165, 1.54) is 257 Å². The number of carbonyl (C=O) groups excluding carboxylic acids is 4. The molecule has 19 heteroatoms. The lowest BCUT2D eigenvalue weighted by atomic mass is 9.99. The molecule has 0 spiro atoms. The highest BCUT2D eigenvalue weighted by molar-refractivity contribution is 7.47. The van der Waals surface area contributed by atoms with Crippen LogP contribution in [0.4, 0.5) is 0 Å². The number of esters is 4. The van der Waals surface area contributed by atoms with Crippen molar-refractivity contribution in [2.24, 2.45) is 11.8 Å². The maximum atomic E-state index is 13.1. The van der Waals surface area contributed by atoms with E-state index in [0.717, 1.165) is 102 Å². The predicted octanol–water partition coefficient (Wildman–Crippen LogP) is 25.1. The molecule has 0 radical (unpaired) electrons. The fourth-order valence-corrected chi connectivity index (χ4v) is 14.4. The summed E-state index contributed by atoms with van der Waals surface area (Å²) in [7, 11) is -9.92. The number of aliphatic hydroxyl groups excluding tert-OH is 1. The number of hydrogen-bond donors (Lipinski definition) is 3. The smallest absolute Gasteiger partial charge is 0.462 e. The standard InChI is InChI=1S/C83H162O17P2/c1-7-10-12-14-16-18-20-22-31-35-41-47-53-59-65-80(85)93-71-78(99-83(88)68-62-56-50-43-37-33-29-27-25-24-26-28-30-34-40-46-52-58-64-76(6)9-3)73-97-101(89,90)95-69-77(84)70-96-102(91,92)98-74-79(72-94-81(86)66-60-54-48-44-38-39-45-51-57-63-75(4)5)100-82(87)67-61-55-49-42-36-32-23-21-19-17-15-13-11-8-2/h75-79,84H,7-74H2,1-6H3,(H,89,90)(H,91,92)/t76?,77-,78-,79-/m1/s1. The second-order valence-electron chi connectivity index (χ2n) is 30.6. The first-order chi connectivity index (χ1) is 49.4. The van der Waals surface area contributed by atoms with Crippen molar-refractivity contribution in [3.8, 4) is 0 Å². The molecular weight excluding hydrogens is 1330 g/mol. The molecule has 0 heterocycles. The first-order valence-corrected chi connectivity index (χ1v) is 46.0. The van der Waals surface area contributed by atoms with Gasteiger partial charge in [0.05, 0.1) is 26.4 Å². The number of ether oxygens (including phenoxy) is 4. The van der Waals surface area contributed by atoms with Gasteiger partial charge in [-0.25, -0.2) is 9.13 Å². The Hall–Kier alpha value is -1.94. The molecule has 0 aromatic heterocycles. The molecule has 0 aliphatic rings. The first-order valence-electron chi connectivity index (χ1n) is 43.0. The molecule has 0 aromatic carbocycles. The van der Waals surface area contributed by atoms with Crippen molar-refractivity contribution in [3.63, 3.8) is 0 Å². The van der Waals surface area contributed by atoms with Crippen molar-refractivity contribution in [1.29, 1.82) is 0 Å². The Kier molecular flexibility index (Phi) is 73.1. The second kappa shape index (κ2) is 74.5. The molecule has 0 aliphatic carbocycles. The van der Waals surface area contributed by atoms with Crippen LogP contribution >= 0.6 is 15.6 Å². The molecule has 0 fully saturated rings. The molecule has 3 N–H and O–H groups in total. The first kappa shape index (κ1) is 100. The number of phosphoric ester groups is 2. The van der Waals surface area contributed by atoms with Gasteiger partial charge in [-0.3, -0.25) is 37.3 Å². The molecule has 3 unspecified atom stereocenters. The third-order valence-corrected chi connectivity index (χ3v) is 21.7. The van der Waals surface area contributed by atoms with Crippen LogP contribution in [-0.4, -0.2) is 96.7 Å². The van der Waals surface area contributed by atoms with Crippen LogP contribution in [0.1, 0.15) is 440 Å². The summed E-state index contributed by atoms with van der Waals surface area (Å²) < 4.78 is 68.8. The number of hydrogen-bond acceptors (Lipinski definition) is 15. The lowest BCUT2D eigenvalue weighted by Crippen LogP contribution is -2.30. The lowest BCUT2D eigenvalue weighted by Gasteiger charge is -2.21. The Bertz CT molecular complexity index is 1960. The summed E-state index contributed by atoms with van der Waals surface area (Å²) in [5.74, 6) is -0.489. The molecule has 0 amide bonds. The van der Waals surface area contributed by atoms with Crippen LogP contribution in [0.5, 0.6) is 0 Å². The van der Waals surface area contributed by atoms with E-state index in [9.17, 15) is 43.2 Å². The third kappa shape index (κ3) is 74.9. The van der Waals surface area contributed by atoms with Crippen LogP contribution in [0.3, 0.4) is 0 Å². The largest absolute Gasteiger partial charge is 0.472 e. The van der Waals surface area contributed by atoms with E-state index in [1.807, 2.05) is 0 Å². The number of phosphoric acid groups is 2. The summed E-state index contributed by atoms with van der Waals surface area (Å²) in [6, 6.07) is 0. The Morgan fingerprint density at radius 3 is 0.745 bits per heavy atom. The monoisotopic (exact) mass is 1490 g/mol. The predicted molar refractivity (Wildman–Crippen MR) is 418 cm³/mol. The molecule has 0 saturated carbocycles. The molecule has 0 saturated heterocycles. The quantitative estimate of drug-likeness (QED) is 0.0222. The second-order valence-corrected chi connectivity index (χ2v) is 33.5. The number of unbranched alkanes of at least 4 members (excludes halogenated alkanes) is 51. The van der Waals surface area contributed by atoms with Crippen LogP contribution < -0.4 is 0 Å². The van der Waals surface area contributed by atoms with E-state index in [1.54, 1.807) is 0 Å². The van der Waals surface area contributed by atoms with Gasteiger partial charge in [-0.1, -0.05) is 388 Å². The van der Waals surface area contributed by atoms with Gasteiger partial charge in [-0.2, -0.15) is 0 Å². The molecule has 17 nitrogen and oxygen atoms in total. The normalized spacial score (nSPS) is 14.1. The SMILES string of the molecule is CCCCCCCCCCCCCCCCC(=O)OC[C@H](COP(=O)(O)OC[C@@H](O)COP(=O)(O)OC[C@@H](COC(=O)CCCCCCCCCCCC(C)C)OC(=O)CCCCCCCCCCCCCCCC)OC(=O)CCCCCCCCCCCCCCCCCCCCC(C)CC. The average Bonchev–Trinajstić information content (AvgIpc) is 0.916. The molecule has 0 bridgehead atoms. The Morgan fingerprint density at radius 2 is 0.500 bits per heavy atom. The van der Waals surface area contributed by atoms with Gasteiger partial charge in [-0.15, -0.1) is 0 Å². The highest BCUT2D eigenvalue weighted by Gasteiger charge is 2.30. The van der Waals surface area contributed by atoms with E-state index in [0.29, 0.717) is 25.7 Å². The fraction of sp³-hybridized carbons (Fsp3) is 0.952. The van der Waals surface area contributed by atoms with E-state index in [4.69, 9.17) is 37.0 Å². The maximum absolute atomic E-state index is 13.1. The van der Waals surface area contributed by atoms with E-state index in [2.05, 4.69) is 41.5 Å². The minimum atomic E-state index is -4.96. The van der Waals surface area contributed by atoms with Crippen LogP contribution in [0.25, 0.3) is 0 Å². The minimum absolute atomic E-state index is 0.108. The van der Waals surface area contributed by atoms with Gasteiger partial charge in [0.15, 0.2) is 12.2 Å². The molecular formula is C83H162O17P2. The summed E-state index contributed by atoms with van der Waals surface area (Å²) in [5.41, 5.74) is 0. The summed E-state index contributed by atoms with van der Waals surface area (Å²) in [6.45, 7) is 9.70. The van der Waals surface area contributed by atoms with Gasteiger partial charge in [0, 0.05) is 25.7 Å². The van der Waals surface area contributed by atoms with Crippen LogP contribution in [0, 0.1) is 11.8 Å². The van der Waals surface area contributed by atoms with E-state index >= 15 is 0 Å². The minimum Gasteiger partial charge on any atom is -0.462 e. The molecule has 0 aromatic rings. The maximum Gasteiger partial charge on any atom is 0.472 e. The van der Waals surface area contributed by atoms with E-state index in [-0.39, 0.29) is 25.7 Å². The number of rotatable bonds is 82. The fourth-order valence-electron chi connectivity index (χ4n) is 12.9. The van der Waals surface area contributed by atoms with Crippen molar-refractivity contribution < 1.29 is 80.2 Å². The van der Waals surface area contributed by atoms with Gasteiger partial charge in [0.1, 0.15) is 19.3 Å². The Labute approximate surface area is 626 Å².